The molecule has 7 heteroatoms. The molecule has 0 spiro atoms. The third-order valence-corrected chi connectivity index (χ3v) is 4.06. The summed E-state index contributed by atoms with van der Waals surface area (Å²) in [5, 5.41) is 11.9. The summed E-state index contributed by atoms with van der Waals surface area (Å²) in [5.41, 5.74) is 1.48. The molecule has 0 bridgehead atoms. The van der Waals surface area contributed by atoms with E-state index < -0.39 is 4.92 Å². The van der Waals surface area contributed by atoms with Gasteiger partial charge in [0.15, 0.2) is 0 Å². The van der Waals surface area contributed by atoms with Gasteiger partial charge in [-0.1, -0.05) is 36.4 Å². The predicted molar refractivity (Wildman–Crippen MR) is 102 cm³/mol. The highest BCUT2D eigenvalue weighted by Crippen LogP contribution is 2.39. The van der Waals surface area contributed by atoms with Crippen LogP contribution in [-0.4, -0.2) is 29.0 Å². The summed E-state index contributed by atoms with van der Waals surface area (Å²) >= 11 is 0. The number of benzene rings is 2. The standard InChI is InChI=1S/C19H19N5O2/c1-14-20-18(22(2)15-10-6-4-7-11-15)17(24(25)26)19(21-14)23(3)16-12-8-5-9-13-16/h4-13H,1-3H3. The topological polar surface area (TPSA) is 75.4 Å². The Morgan fingerprint density at radius 3 is 1.54 bits per heavy atom. The van der Waals surface area contributed by atoms with Crippen LogP contribution in [0.3, 0.4) is 0 Å². The third kappa shape index (κ3) is 3.32. The Balaban J connectivity index is 2.17. The fourth-order valence-electron chi connectivity index (χ4n) is 2.72. The highest BCUT2D eigenvalue weighted by atomic mass is 16.6. The van der Waals surface area contributed by atoms with Crippen molar-refractivity contribution in [2.24, 2.45) is 0 Å². The SMILES string of the molecule is Cc1nc(N(C)c2ccccc2)c([N+](=O)[O-])c(N(C)c2ccccc2)n1. The fourth-order valence-corrected chi connectivity index (χ4v) is 2.72. The molecule has 3 rings (SSSR count). The number of aromatic nitrogens is 2. The Morgan fingerprint density at radius 1 is 0.808 bits per heavy atom. The van der Waals surface area contributed by atoms with E-state index in [0.29, 0.717) is 5.82 Å². The predicted octanol–water partition coefficient (Wildman–Crippen LogP) is 4.23. The van der Waals surface area contributed by atoms with Crippen LogP contribution in [0, 0.1) is 17.0 Å². The van der Waals surface area contributed by atoms with Gasteiger partial charge in [0, 0.05) is 25.5 Å². The van der Waals surface area contributed by atoms with E-state index in [1.807, 2.05) is 60.7 Å². The maximum atomic E-state index is 11.9. The smallest absolute Gasteiger partial charge is 0.324 e. The van der Waals surface area contributed by atoms with E-state index in [2.05, 4.69) is 9.97 Å². The number of aryl methyl sites for hydroxylation is 1. The monoisotopic (exact) mass is 349 g/mol. The van der Waals surface area contributed by atoms with Crippen molar-refractivity contribution in [3.05, 3.63) is 76.6 Å². The summed E-state index contributed by atoms with van der Waals surface area (Å²) in [5.74, 6) is 0.976. The van der Waals surface area contributed by atoms with Crippen molar-refractivity contribution in [1.82, 2.24) is 9.97 Å². The van der Waals surface area contributed by atoms with Crippen LogP contribution in [-0.2, 0) is 0 Å². The number of rotatable bonds is 5. The van der Waals surface area contributed by atoms with Crippen molar-refractivity contribution in [3.63, 3.8) is 0 Å². The zero-order valence-corrected chi connectivity index (χ0v) is 14.8. The van der Waals surface area contributed by atoms with Gasteiger partial charge in [-0.15, -0.1) is 0 Å². The van der Waals surface area contributed by atoms with Gasteiger partial charge in [-0.05, 0) is 31.2 Å². The first-order valence-corrected chi connectivity index (χ1v) is 8.09. The van der Waals surface area contributed by atoms with E-state index in [9.17, 15) is 10.1 Å². The van der Waals surface area contributed by atoms with Crippen molar-refractivity contribution in [2.75, 3.05) is 23.9 Å². The molecule has 0 fully saturated rings. The molecule has 0 aliphatic rings. The highest BCUT2D eigenvalue weighted by Gasteiger charge is 2.29. The van der Waals surface area contributed by atoms with Crippen LogP contribution in [0.2, 0.25) is 0 Å². The molecule has 0 amide bonds. The van der Waals surface area contributed by atoms with Gasteiger partial charge in [0.25, 0.3) is 0 Å². The maximum absolute atomic E-state index is 11.9. The molecule has 0 unspecified atom stereocenters. The first-order valence-electron chi connectivity index (χ1n) is 8.09. The maximum Gasteiger partial charge on any atom is 0.354 e. The first kappa shape index (κ1) is 17.3. The lowest BCUT2D eigenvalue weighted by Gasteiger charge is -2.23. The normalized spacial score (nSPS) is 10.4. The van der Waals surface area contributed by atoms with E-state index in [1.165, 1.54) is 0 Å². The Bertz CT molecular complexity index is 849. The Hall–Kier alpha value is -3.48. The van der Waals surface area contributed by atoms with Crippen LogP contribution >= 0.6 is 0 Å². The van der Waals surface area contributed by atoms with Crippen LogP contribution in [0.4, 0.5) is 28.7 Å². The molecule has 0 atom stereocenters. The molecule has 0 saturated carbocycles. The molecular weight excluding hydrogens is 330 g/mol. The minimum atomic E-state index is -0.428. The van der Waals surface area contributed by atoms with Gasteiger partial charge in [-0.2, -0.15) is 0 Å². The second-order valence-electron chi connectivity index (χ2n) is 5.81. The van der Waals surface area contributed by atoms with Crippen LogP contribution in [0.25, 0.3) is 0 Å². The van der Waals surface area contributed by atoms with Gasteiger partial charge >= 0.3 is 5.69 Å². The number of anilines is 4. The molecule has 0 aliphatic heterocycles. The lowest BCUT2D eigenvalue weighted by molar-refractivity contribution is -0.383. The van der Waals surface area contributed by atoms with Crippen LogP contribution in [0.15, 0.2) is 60.7 Å². The Kier molecular flexibility index (Phi) is 4.79. The van der Waals surface area contributed by atoms with Crippen molar-refractivity contribution in [2.45, 2.75) is 6.92 Å². The number of nitrogens with zero attached hydrogens (tertiary/aromatic N) is 5. The number of hydrogen-bond acceptors (Lipinski definition) is 6. The summed E-state index contributed by atoms with van der Waals surface area (Å²) in [7, 11) is 3.52. The third-order valence-electron chi connectivity index (χ3n) is 4.06. The fraction of sp³-hybridized carbons (Fsp3) is 0.158. The molecule has 3 aromatic rings. The Morgan fingerprint density at radius 2 is 1.19 bits per heavy atom. The average Bonchev–Trinajstić information content (AvgIpc) is 2.67. The average molecular weight is 349 g/mol. The summed E-state index contributed by atoms with van der Waals surface area (Å²) in [6.45, 7) is 1.73. The summed E-state index contributed by atoms with van der Waals surface area (Å²) in [6.07, 6.45) is 0. The number of hydrogen-bond donors (Lipinski definition) is 0. The van der Waals surface area contributed by atoms with E-state index in [1.54, 1.807) is 30.8 Å². The molecule has 1 heterocycles. The van der Waals surface area contributed by atoms with E-state index in [-0.39, 0.29) is 17.3 Å². The largest absolute Gasteiger partial charge is 0.354 e. The molecule has 0 aliphatic carbocycles. The molecule has 0 radical (unpaired) electrons. The summed E-state index contributed by atoms with van der Waals surface area (Å²) in [4.78, 5) is 23.6. The second-order valence-corrected chi connectivity index (χ2v) is 5.81. The van der Waals surface area contributed by atoms with Crippen LogP contribution in [0.1, 0.15) is 5.82 Å². The van der Waals surface area contributed by atoms with E-state index in [0.717, 1.165) is 11.4 Å². The van der Waals surface area contributed by atoms with Crippen molar-refractivity contribution in [3.8, 4) is 0 Å². The lowest BCUT2D eigenvalue weighted by Crippen LogP contribution is -2.19. The minimum absolute atomic E-state index is 0.131. The number of para-hydroxylation sites is 2. The zero-order chi connectivity index (χ0) is 18.7. The van der Waals surface area contributed by atoms with E-state index in [4.69, 9.17) is 0 Å². The number of nitro groups is 1. The minimum Gasteiger partial charge on any atom is -0.324 e. The van der Waals surface area contributed by atoms with Crippen LogP contribution < -0.4 is 9.80 Å². The molecule has 132 valence electrons. The summed E-state index contributed by atoms with van der Waals surface area (Å²) in [6, 6.07) is 18.8. The van der Waals surface area contributed by atoms with Gasteiger partial charge in [-0.3, -0.25) is 10.1 Å². The lowest BCUT2D eigenvalue weighted by atomic mass is 10.2. The van der Waals surface area contributed by atoms with Gasteiger partial charge in [0.05, 0.1) is 4.92 Å². The molecule has 7 nitrogen and oxygen atoms in total. The van der Waals surface area contributed by atoms with E-state index >= 15 is 0 Å². The molecule has 26 heavy (non-hydrogen) atoms. The molecular formula is C19H19N5O2. The van der Waals surface area contributed by atoms with Gasteiger partial charge < -0.3 is 9.80 Å². The van der Waals surface area contributed by atoms with Crippen molar-refractivity contribution < 1.29 is 4.92 Å². The zero-order valence-electron chi connectivity index (χ0n) is 14.8. The first-order chi connectivity index (χ1) is 12.5. The van der Waals surface area contributed by atoms with Crippen molar-refractivity contribution in [1.29, 1.82) is 0 Å². The van der Waals surface area contributed by atoms with Crippen molar-refractivity contribution >= 4 is 28.7 Å². The molecule has 0 saturated heterocycles. The van der Waals surface area contributed by atoms with Gasteiger partial charge in [0.2, 0.25) is 11.6 Å². The molecule has 1 aromatic heterocycles. The second kappa shape index (κ2) is 7.18. The van der Waals surface area contributed by atoms with Gasteiger partial charge in [-0.25, -0.2) is 9.97 Å². The Labute approximate surface area is 151 Å². The van der Waals surface area contributed by atoms with Crippen LogP contribution in [0.5, 0.6) is 0 Å². The van der Waals surface area contributed by atoms with Gasteiger partial charge in [0.1, 0.15) is 5.82 Å². The quantitative estimate of drug-likeness (QED) is 0.507. The molecule has 2 aromatic carbocycles. The highest BCUT2D eigenvalue weighted by molar-refractivity contribution is 5.79. The summed E-state index contributed by atoms with van der Waals surface area (Å²) < 4.78 is 0. The molecule has 0 N–H and O–H groups in total.